The predicted molar refractivity (Wildman–Crippen MR) is 60.1 cm³/mol. The van der Waals surface area contributed by atoms with Crippen LogP contribution in [-0.4, -0.2) is 54.1 Å². The first-order valence-corrected chi connectivity index (χ1v) is 5.59. The molecule has 0 unspecified atom stereocenters. The van der Waals surface area contributed by atoms with E-state index in [9.17, 15) is 9.59 Å². The van der Waals surface area contributed by atoms with E-state index in [1.165, 1.54) is 0 Å². The summed E-state index contributed by atoms with van der Waals surface area (Å²) in [5.74, 6) is 0. The minimum Gasteiger partial charge on any atom is -0.444 e. The predicted octanol–water partition coefficient (Wildman–Crippen LogP) is 1.09. The summed E-state index contributed by atoms with van der Waals surface area (Å²) in [5.41, 5.74) is -0.465. The molecule has 16 heavy (non-hydrogen) atoms. The number of carbonyl (C=O) groups excluding carboxylic acids is 2. The summed E-state index contributed by atoms with van der Waals surface area (Å²) >= 11 is 0. The molecule has 1 saturated heterocycles. The normalized spacial score (nSPS) is 17.9. The van der Waals surface area contributed by atoms with E-state index in [0.717, 1.165) is 12.8 Å². The van der Waals surface area contributed by atoms with Crippen molar-refractivity contribution in [2.24, 2.45) is 0 Å². The SMILES string of the molecule is CC(C)(C)OC(=O)N1CCCN(C=O)CC1. The summed E-state index contributed by atoms with van der Waals surface area (Å²) in [4.78, 5) is 25.7. The highest BCUT2D eigenvalue weighted by Crippen LogP contribution is 2.11. The van der Waals surface area contributed by atoms with Gasteiger partial charge in [0.05, 0.1) is 0 Å². The molecule has 0 spiro atoms. The summed E-state index contributed by atoms with van der Waals surface area (Å²) in [6, 6.07) is 0. The highest BCUT2D eigenvalue weighted by Gasteiger charge is 2.23. The molecule has 92 valence electrons. The van der Waals surface area contributed by atoms with Crippen LogP contribution in [0, 0.1) is 0 Å². The van der Waals surface area contributed by atoms with Crippen LogP contribution in [-0.2, 0) is 9.53 Å². The second-order valence-corrected chi connectivity index (χ2v) is 4.96. The maximum absolute atomic E-state index is 11.8. The molecule has 1 aliphatic heterocycles. The van der Waals surface area contributed by atoms with Crippen LogP contribution in [0.1, 0.15) is 27.2 Å². The molecule has 5 heteroatoms. The summed E-state index contributed by atoms with van der Waals surface area (Å²) in [6.45, 7) is 8.04. The number of nitrogens with zero attached hydrogens (tertiary/aromatic N) is 2. The molecule has 1 fully saturated rings. The minimum absolute atomic E-state index is 0.291. The Balaban J connectivity index is 2.48. The van der Waals surface area contributed by atoms with Gasteiger partial charge in [-0.2, -0.15) is 0 Å². The summed E-state index contributed by atoms with van der Waals surface area (Å²) in [6.07, 6.45) is 1.34. The molecule has 0 aromatic rings. The Morgan fingerprint density at radius 2 is 1.88 bits per heavy atom. The molecule has 1 heterocycles. The molecule has 0 radical (unpaired) electrons. The van der Waals surface area contributed by atoms with Gasteiger partial charge in [0.2, 0.25) is 6.41 Å². The van der Waals surface area contributed by atoms with Crippen LogP contribution in [0.3, 0.4) is 0 Å². The van der Waals surface area contributed by atoms with Crippen molar-refractivity contribution in [2.45, 2.75) is 32.8 Å². The number of rotatable bonds is 1. The van der Waals surface area contributed by atoms with Gasteiger partial charge in [-0.15, -0.1) is 0 Å². The van der Waals surface area contributed by atoms with E-state index in [-0.39, 0.29) is 6.09 Å². The molecule has 0 N–H and O–H groups in total. The number of ether oxygens (including phenoxy) is 1. The quantitative estimate of drug-likeness (QED) is 0.631. The molecule has 0 bridgehead atoms. The standard InChI is InChI=1S/C11H20N2O3/c1-11(2,3)16-10(15)13-6-4-5-12(9-14)7-8-13/h9H,4-8H2,1-3H3. The third kappa shape index (κ3) is 4.08. The fourth-order valence-corrected chi connectivity index (χ4v) is 1.55. The molecule has 1 aliphatic rings. The number of amides is 2. The van der Waals surface area contributed by atoms with Gasteiger partial charge in [-0.05, 0) is 27.2 Å². The highest BCUT2D eigenvalue weighted by atomic mass is 16.6. The van der Waals surface area contributed by atoms with E-state index in [1.807, 2.05) is 20.8 Å². The van der Waals surface area contributed by atoms with Crippen LogP contribution in [0.5, 0.6) is 0 Å². The van der Waals surface area contributed by atoms with Crippen molar-refractivity contribution < 1.29 is 14.3 Å². The van der Waals surface area contributed by atoms with Gasteiger partial charge >= 0.3 is 6.09 Å². The molecule has 0 aromatic heterocycles. The topological polar surface area (TPSA) is 49.9 Å². The van der Waals surface area contributed by atoms with Crippen LogP contribution in [0.25, 0.3) is 0 Å². The molecule has 1 rings (SSSR count). The lowest BCUT2D eigenvalue weighted by Crippen LogP contribution is -2.39. The van der Waals surface area contributed by atoms with E-state index in [0.29, 0.717) is 26.2 Å². The van der Waals surface area contributed by atoms with Crippen molar-refractivity contribution >= 4 is 12.5 Å². The van der Waals surface area contributed by atoms with Crippen molar-refractivity contribution in [3.8, 4) is 0 Å². The second-order valence-electron chi connectivity index (χ2n) is 4.96. The Morgan fingerprint density at radius 3 is 2.44 bits per heavy atom. The van der Waals surface area contributed by atoms with Crippen molar-refractivity contribution in [1.29, 1.82) is 0 Å². The maximum Gasteiger partial charge on any atom is 0.410 e. The largest absolute Gasteiger partial charge is 0.444 e. The van der Waals surface area contributed by atoms with E-state index in [4.69, 9.17) is 4.74 Å². The first-order valence-electron chi connectivity index (χ1n) is 5.59. The monoisotopic (exact) mass is 228 g/mol. The third-order valence-corrected chi connectivity index (χ3v) is 2.33. The van der Waals surface area contributed by atoms with Gasteiger partial charge in [-0.3, -0.25) is 4.79 Å². The lowest BCUT2D eigenvalue weighted by molar-refractivity contribution is -0.118. The van der Waals surface area contributed by atoms with Crippen molar-refractivity contribution in [2.75, 3.05) is 26.2 Å². The highest BCUT2D eigenvalue weighted by molar-refractivity contribution is 5.68. The number of hydrogen-bond donors (Lipinski definition) is 0. The summed E-state index contributed by atoms with van der Waals surface area (Å²) in [7, 11) is 0. The van der Waals surface area contributed by atoms with Gasteiger partial charge < -0.3 is 14.5 Å². The zero-order chi connectivity index (χ0) is 12.2. The Hall–Kier alpha value is -1.26. The average molecular weight is 228 g/mol. The second kappa shape index (κ2) is 5.18. The van der Waals surface area contributed by atoms with Crippen molar-refractivity contribution in [1.82, 2.24) is 9.80 Å². The van der Waals surface area contributed by atoms with E-state index >= 15 is 0 Å². The average Bonchev–Trinajstić information content (AvgIpc) is 2.39. The fraction of sp³-hybridized carbons (Fsp3) is 0.818. The molecule has 0 aliphatic carbocycles. The van der Waals surface area contributed by atoms with Crippen LogP contribution in [0.15, 0.2) is 0 Å². The lowest BCUT2D eigenvalue weighted by Gasteiger charge is -2.26. The minimum atomic E-state index is -0.465. The van der Waals surface area contributed by atoms with E-state index in [2.05, 4.69) is 0 Å². The first-order chi connectivity index (χ1) is 7.42. The van der Waals surface area contributed by atoms with Gasteiger partial charge in [0, 0.05) is 26.2 Å². The van der Waals surface area contributed by atoms with Gasteiger partial charge in [0.25, 0.3) is 0 Å². The maximum atomic E-state index is 11.8. The van der Waals surface area contributed by atoms with Gasteiger partial charge in [-0.1, -0.05) is 0 Å². The summed E-state index contributed by atoms with van der Waals surface area (Å²) in [5, 5.41) is 0. The molecule has 0 aromatic carbocycles. The Morgan fingerprint density at radius 1 is 1.19 bits per heavy atom. The van der Waals surface area contributed by atoms with Crippen molar-refractivity contribution in [3.63, 3.8) is 0 Å². The zero-order valence-electron chi connectivity index (χ0n) is 10.2. The molecular weight excluding hydrogens is 208 g/mol. The molecule has 0 saturated carbocycles. The number of carbonyl (C=O) groups is 2. The lowest BCUT2D eigenvalue weighted by atomic mass is 10.2. The van der Waals surface area contributed by atoms with Crippen LogP contribution in [0.2, 0.25) is 0 Å². The van der Waals surface area contributed by atoms with Gasteiger partial charge in [0.1, 0.15) is 5.60 Å². The van der Waals surface area contributed by atoms with E-state index < -0.39 is 5.60 Å². The zero-order valence-corrected chi connectivity index (χ0v) is 10.2. The first kappa shape index (κ1) is 12.8. The molecule has 0 atom stereocenters. The third-order valence-electron chi connectivity index (χ3n) is 2.33. The number of hydrogen-bond acceptors (Lipinski definition) is 3. The molecule has 5 nitrogen and oxygen atoms in total. The van der Waals surface area contributed by atoms with Gasteiger partial charge in [-0.25, -0.2) is 4.79 Å². The van der Waals surface area contributed by atoms with Crippen molar-refractivity contribution in [3.05, 3.63) is 0 Å². The van der Waals surface area contributed by atoms with Crippen LogP contribution < -0.4 is 0 Å². The Labute approximate surface area is 96.3 Å². The van der Waals surface area contributed by atoms with Gasteiger partial charge in [0.15, 0.2) is 0 Å². The smallest absolute Gasteiger partial charge is 0.410 e. The molecule has 2 amide bonds. The van der Waals surface area contributed by atoms with Crippen LogP contribution in [0.4, 0.5) is 4.79 Å². The van der Waals surface area contributed by atoms with Crippen LogP contribution >= 0.6 is 0 Å². The van der Waals surface area contributed by atoms with E-state index in [1.54, 1.807) is 9.80 Å². The summed E-state index contributed by atoms with van der Waals surface area (Å²) < 4.78 is 5.28. The Bertz CT molecular complexity index is 260. The fourth-order valence-electron chi connectivity index (χ4n) is 1.55. The Kier molecular flexibility index (Phi) is 4.15. The molecular formula is C11H20N2O3.